The average Bonchev–Trinajstić information content (AvgIpc) is 2.61. The summed E-state index contributed by atoms with van der Waals surface area (Å²) in [5.41, 5.74) is 3.73. The van der Waals surface area contributed by atoms with Gasteiger partial charge in [0.25, 0.3) is 5.91 Å². The van der Waals surface area contributed by atoms with Gasteiger partial charge in [0.2, 0.25) is 0 Å². The van der Waals surface area contributed by atoms with Crippen molar-refractivity contribution >= 4 is 17.5 Å². The molecule has 3 rings (SSSR count). The summed E-state index contributed by atoms with van der Waals surface area (Å²) in [4.78, 5) is 12.7. The zero-order chi connectivity index (χ0) is 16.9. The van der Waals surface area contributed by atoms with E-state index in [2.05, 4.69) is 5.32 Å². The number of hydrogen-bond donors (Lipinski definition) is 1. The number of nitrogens with one attached hydrogen (secondary N) is 1. The summed E-state index contributed by atoms with van der Waals surface area (Å²) < 4.78 is 0. The van der Waals surface area contributed by atoms with Gasteiger partial charge >= 0.3 is 0 Å². The van der Waals surface area contributed by atoms with Crippen LogP contribution in [0.3, 0.4) is 0 Å². The van der Waals surface area contributed by atoms with Crippen LogP contribution in [0, 0.1) is 6.92 Å². The Labute approximate surface area is 147 Å². The third-order valence-electron chi connectivity index (χ3n) is 3.94. The third-order valence-corrected chi connectivity index (χ3v) is 4.27. The molecule has 0 bridgehead atoms. The molecule has 0 saturated carbocycles. The molecule has 1 N–H and O–H groups in total. The molecule has 120 valence electrons. The molecule has 0 radical (unpaired) electrons. The van der Waals surface area contributed by atoms with Crippen LogP contribution >= 0.6 is 11.6 Å². The SMILES string of the molecule is Cc1ccc([C@H](NC(=O)c2ccccc2Cl)c2ccccc2)cc1. The van der Waals surface area contributed by atoms with Crippen molar-refractivity contribution < 1.29 is 4.79 Å². The van der Waals surface area contributed by atoms with Crippen LogP contribution in [-0.4, -0.2) is 5.91 Å². The first-order chi connectivity index (χ1) is 11.6. The topological polar surface area (TPSA) is 29.1 Å². The third kappa shape index (κ3) is 3.66. The zero-order valence-corrected chi connectivity index (χ0v) is 14.1. The van der Waals surface area contributed by atoms with Crippen LogP contribution in [0.1, 0.15) is 33.1 Å². The van der Waals surface area contributed by atoms with Crippen LogP contribution in [0.15, 0.2) is 78.9 Å². The summed E-state index contributed by atoms with van der Waals surface area (Å²) in [6.07, 6.45) is 0. The van der Waals surface area contributed by atoms with Crippen LogP contribution in [0.4, 0.5) is 0 Å². The van der Waals surface area contributed by atoms with Crippen LogP contribution in [-0.2, 0) is 0 Å². The van der Waals surface area contributed by atoms with Crippen molar-refractivity contribution in [2.45, 2.75) is 13.0 Å². The predicted octanol–water partition coefficient (Wildman–Crippen LogP) is 5.17. The van der Waals surface area contributed by atoms with Crippen LogP contribution in [0.2, 0.25) is 5.02 Å². The highest BCUT2D eigenvalue weighted by atomic mass is 35.5. The first kappa shape index (κ1) is 16.3. The quantitative estimate of drug-likeness (QED) is 0.700. The molecule has 0 saturated heterocycles. The van der Waals surface area contributed by atoms with Gasteiger partial charge in [-0.2, -0.15) is 0 Å². The van der Waals surface area contributed by atoms with E-state index in [-0.39, 0.29) is 11.9 Å². The lowest BCUT2D eigenvalue weighted by molar-refractivity contribution is 0.0943. The number of rotatable bonds is 4. The Morgan fingerprint density at radius 2 is 1.42 bits per heavy atom. The molecule has 3 heteroatoms. The van der Waals surface area contributed by atoms with Crippen molar-refractivity contribution in [1.82, 2.24) is 5.32 Å². The largest absolute Gasteiger partial charge is 0.341 e. The normalized spacial score (nSPS) is 11.8. The molecule has 0 aliphatic carbocycles. The molecule has 3 aromatic rings. The fraction of sp³-hybridized carbons (Fsp3) is 0.0952. The van der Waals surface area contributed by atoms with E-state index in [1.165, 1.54) is 5.56 Å². The summed E-state index contributed by atoms with van der Waals surface area (Å²) in [5.74, 6) is -0.185. The van der Waals surface area contributed by atoms with Gasteiger partial charge in [-0.05, 0) is 30.2 Å². The minimum Gasteiger partial charge on any atom is -0.341 e. The van der Waals surface area contributed by atoms with Crippen molar-refractivity contribution in [2.24, 2.45) is 0 Å². The number of halogens is 1. The Bertz CT molecular complexity index is 828. The van der Waals surface area contributed by atoms with Crippen molar-refractivity contribution in [2.75, 3.05) is 0 Å². The summed E-state index contributed by atoms with van der Waals surface area (Å²) >= 11 is 6.15. The van der Waals surface area contributed by atoms with Gasteiger partial charge in [-0.1, -0.05) is 83.9 Å². The highest BCUT2D eigenvalue weighted by molar-refractivity contribution is 6.33. The molecule has 0 aliphatic rings. The highest BCUT2D eigenvalue weighted by Crippen LogP contribution is 2.24. The van der Waals surface area contributed by atoms with Crippen LogP contribution in [0.25, 0.3) is 0 Å². The van der Waals surface area contributed by atoms with E-state index < -0.39 is 0 Å². The second kappa shape index (κ2) is 7.33. The van der Waals surface area contributed by atoms with E-state index in [4.69, 9.17) is 11.6 Å². The van der Waals surface area contributed by atoms with Crippen molar-refractivity contribution in [3.63, 3.8) is 0 Å². The molecule has 0 heterocycles. The molecular weight excluding hydrogens is 318 g/mol. The molecule has 2 nitrogen and oxygen atoms in total. The number of amides is 1. The average molecular weight is 336 g/mol. The van der Waals surface area contributed by atoms with E-state index >= 15 is 0 Å². The smallest absolute Gasteiger partial charge is 0.253 e. The van der Waals surface area contributed by atoms with Crippen molar-refractivity contribution in [3.05, 3.63) is 106 Å². The Morgan fingerprint density at radius 1 is 0.833 bits per heavy atom. The fourth-order valence-electron chi connectivity index (χ4n) is 2.62. The van der Waals surface area contributed by atoms with Gasteiger partial charge in [-0.15, -0.1) is 0 Å². The van der Waals surface area contributed by atoms with E-state index in [1.807, 2.05) is 73.7 Å². The van der Waals surface area contributed by atoms with E-state index in [0.717, 1.165) is 11.1 Å². The summed E-state index contributed by atoms with van der Waals surface area (Å²) in [6.45, 7) is 2.05. The van der Waals surface area contributed by atoms with Crippen molar-refractivity contribution in [1.29, 1.82) is 0 Å². The summed E-state index contributed by atoms with van der Waals surface area (Å²) in [5, 5.41) is 3.55. The monoisotopic (exact) mass is 335 g/mol. The van der Waals surface area contributed by atoms with Crippen LogP contribution in [0.5, 0.6) is 0 Å². The maximum absolute atomic E-state index is 12.7. The number of aryl methyl sites for hydroxylation is 1. The Balaban J connectivity index is 1.95. The van der Waals surface area contributed by atoms with E-state index in [0.29, 0.717) is 10.6 Å². The van der Waals surface area contributed by atoms with Crippen molar-refractivity contribution in [3.8, 4) is 0 Å². The fourth-order valence-corrected chi connectivity index (χ4v) is 2.84. The van der Waals surface area contributed by atoms with Gasteiger partial charge in [-0.3, -0.25) is 4.79 Å². The number of carbonyl (C=O) groups is 1. The molecule has 1 amide bonds. The molecule has 24 heavy (non-hydrogen) atoms. The van der Waals surface area contributed by atoms with Gasteiger partial charge < -0.3 is 5.32 Å². The lowest BCUT2D eigenvalue weighted by atomic mass is 9.97. The molecule has 1 atom stereocenters. The molecule has 3 aromatic carbocycles. The predicted molar refractivity (Wildman–Crippen MR) is 98.4 cm³/mol. The minimum atomic E-state index is -0.226. The van der Waals surface area contributed by atoms with Gasteiger partial charge in [0, 0.05) is 0 Å². The maximum Gasteiger partial charge on any atom is 0.253 e. The Kier molecular flexibility index (Phi) is 4.97. The lowest BCUT2D eigenvalue weighted by Crippen LogP contribution is -2.29. The molecular formula is C21H18ClNO. The zero-order valence-electron chi connectivity index (χ0n) is 13.4. The van der Waals surface area contributed by atoms with Gasteiger partial charge in [0.05, 0.1) is 16.6 Å². The molecule has 0 fully saturated rings. The molecule has 0 aromatic heterocycles. The maximum atomic E-state index is 12.7. The molecule has 0 aliphatic heterocycles. The van der Waals surface area contributed by atoms with Gasteiger partial charge in [0.1, 0.15) is 0 Å². The minimum absolute atomic E-state index is 0.185. The van der Waals surface area contributed by atoms with Crippen LogP contribution < -0.4 is 5.32 Å². The van der Waals surface area contributed by atoms with Gasteiger partial charge in [-0.25, -0.2) is 0 Å². The first-order valence-electron chi connectivity index (χ1n) is 7.82. The number of carbonyl (C=O) groups excluding carboxylic acids is 1. The van der Waals surface area contributed by atoms with E-state index in [9.17, 15) is 4.79 Å². The number of hydrogen-bond acceptors (Lipinski definition) is 1. The summed E-state index contributed by atoms with van der Waals surface area (Å²) in [6, 6.07) is 25.0. The Hall–Kier alpha value is -2.58. The summed E-state index contributed by atoms with van der Waals surface area (Å²) in [7, 11) is 0. The molecule has 0 unspecified atom stereocenters. The number of benzene rings is 3. The first-order valence-corrected chi connectivity index (χ1v) is 8.20. The lowest BCUT2D eigenvalue weighted by Gasteiger charge is -2.20. The highest BCUT2D eigenvalue weighted by Gasteiger charge is 2.18. The molecule has 0 spiro atoms. The standard InChI is InChI=1S/C21H18ClNO/c1-15-11-13-17(14-12-15)20(16-7-3-2-4-8-16)23-21(24)18-9-5-6-10-19(18)22/h2-14,20H,1H3,(H,23,24)/t20-/m1/s1. The second-order valence-corrected chi connectivity index (χ2v) is 6.11. The van der Waals surface area contributed by atoms with Gasteiger partial charge in [0.15, 0.2) is 0 Å². The Morgan fingerprint density at radius 3 is 2.08 bits per heavy atom. The second-order valence-electron chi connectivity index (χ2n) is 5.71. The van der Waals surface area contributed by atoms with E-state index in [1.54, 1.807) is 12.1 Å².